The van der Waals surface area contributed by atoms with Crippen molar-refractivity contribution in [2.45, 2.75) is 12.8 Å². The van der Waals surface area contributed by atoms with Gasteiger partial charge in [0.1, 0.15) is 5.69 Å². The molecule has 1 fully saturated rings. The fourth-order valence-corrected chi connectivity index (χ4v) is 2.73. The lowest BCUT2D eigenvalue weighted by molar-refractivity contribution is -0.757. The van der Waals surface area contributed by atoms with Crippen molar-refractivity contribution in [3.8, 4) is 0 Å². The van der Waals surface area contributed by atoms with Gasteiger partial charge in [-0.15, -0.1) is 10.1 Å². The number of hydrogen-bond acceptors (Lipinski definition) is 7. The van der Waals surface area contributed by atoms with Crippen molar-refractivity contribution in [1.82, 2.24) is 10.2 Å². The van der Waals surface area contributed by atoms with Crippen LogP contribution in [0.15, 0.2) is 17.1 Å². The van der Waals surface area contributed by atoms with Gasteiger partial charge in [0.2, 0.25) is 5.96 Å². The zero-order valence-corrected chi connectivity index (χ0v) is 15.1. The first-order valence-corrected chi connectivity index (χ1v) is 8.42. The summed E-state index contributed by atoms with van der Waals surface area (Å²) < 4.78 is 5.14. The summed E-state index contributed by atoms with van der Waals surface area (Å²) in [5.41, 5.74) is 6.35. The molecule has 0 saturated carbocycles. The smallest absolute Gasteiger partial charge is 0.416 e. The van der Waals surface area contributed by atoms with E-state index in [9.17, 15) is 14.9 Å². The summed E-state index contributed by atoms with van der Waals surface area (Å²) in [5.74, 6) is 0.264. The van der Waals surface area contributed by atoms with Crippen LogP contribution in [0.25, 0.3) is 0 Å². The van der Waals surface area contributed by atoms with Crippen molar-refractivity contribution in [2.24, 2.45) is 4.99 Å². The number of benzene rings is 1. The minimum absolute atomic E-state index is 0.0450. The van der Waals surface area contributed by atoms with Crippen LogP contribution in [0, 0.1) is 10.1 Å². The lowest BCUT2D eigenvalue weighted by Crippen LogP contribution is -2.36. The first-order chi connectivity index (χ1) is 12.4. The Morgan fingerprint density at radius 3 is 2.65 bits per heavy atom. The van der Waals surface area contributed by atoms with Gasteiger partial charge in [0.15, 0.2) is 0 Å². The number of nitrogens with two attached hydrogens (primary N) is 1. The van der Waals surface area contributed by atoms with Crippen molar-refractivity contribution in [3.05, 3.63) is 32.3 Å². The second kappa shape index (κ2) is 9.30. The van der Waals surface area contributed by atoms with E-state index in [0.29, 0.717) is 37.3 Å². The Bertz CT molecular complexity index is 692. The molecule has 1 amide bonds. The van der Waals surface area contributed by atoms with Gasteiger partial charge in [0.05, 0.1) is 23.3 Å². The Morgan fingerprint density at radius 2 is 2.00 bits per heavy atom. The number of nitrogen functional groups attached to an aromatic ring is 1. The van der Waals surface area contributed by atoms with Gasteiger partial charge in [-0.3, -0.25) is 0 Å². The van der Waals surface area contributed by atoms with Crippen LogP contribution in [0.1, 0.15) is 12.8 Å². The SMILES string of the molecule is Nc1cc(Cl)c(/N=C2\NCCN2C(=O)OCCCCO[N+](=O)[O-])c(Cl)c1. The van der Waals surface area contributed by atoms with Crippen molar-refractivity contribution >= 4 is 46.6 Å². The molecule has 142 valence electrons. The van der Waals surface area contributed by atoms with Gasteiger partial charge in [0, 0.05) is 18.8 Å². The molecular formula is C14H17Cl2N5O5. The van der Waals surface area contributed by atoms with Crippen LogP contribution in [-0.4, -0.2) is 48.3 Å². The van der Waals surface area contributed by atoms with Crippen LogP contribution < -0.4 is 11.1 Å². The zero-order valence-electron chi connectivity index (χ0n) is 13.6. The predicted octanol–water partition coefficient (Wildman–Crippen LogP) is 2.59. The Labute approximate surface area is 158 Å². The molecule has 0 atom stereocenters. The molecule has 0 aromatic heterocycles. The molecule has 0 unspecified atom stereocenters. The number of carbonyl (C=O) groups excluding carboxylic acids is 1. The number of anilines is 1. The number of guanidine groups is 1. The number of amides is 1. The molecule has 1 aromatic carbocycles. The molecule has 1 saturated heterocycles. The average Bonchev–Trinajstić information content (AvgIpc) is 3.02. The van der Waals surface area contributed by atoms with E-state index in [1.807, 2.05) is 0 Å². The maximum atomic E-state index is 12.2. The van der Waals surface area contributed by atoms with E-state index in [1.54, 1.807) is 0 Å². The highest BCUT2D eigenvalue weighted by molar-refractivity contribution is 6.39. The number of aliphatic imine (C=N–C) groups is 1. The number of halogens is 2. The molecule has 1 aliphatic rings. The van der Waals surface area contributed by atoms with Gasteiger partial charge in [-0.05, 0) is 25.0 Å². The Hall–Kier alpha value is -2.46. The Morgan fingerprint density at radius 1 is 1.35 bits per heavy atom. The van der Waals surface area contributed by atoms with Crippen LogP contribution in [0.2, 0.25) is 10.0 Å². The second-order valence-corrected chi connectivity index (χ2v) is 6.04. The van der Waals surface area contributed by atoms with Crippen LogP contribution in [0.3, 0.4) is 0 Å². The summed E-state index contributed by atoms with van der Waals surface area (Å²) >= 11 is 12.2. The van der Waals surface area contributed by atoms with Crippen molar-refractivity contribution < 1.29 is 19.5 Å². The molecule has 1 aromatic rings. The summed E-state index contributed by atoms with van der Waals surface area (Å²) in [6, 6.07) is 3.02. The number of ether oxygens (including phenoxy) is 1. The minimum atomic E-state index is -0.863. The number of hydrogen-bond donors (Lipinski definition) is 2. The summed E-state index contributed by atoms with van der Waals surface area (Å²) in [4.78, 5) is 32.0. The monoisotopic (exact) mass is 405 g/mol. The molecular weight excluding hydrogens is 389 g/mol. The van der Waals surface area contributed by atoms with E-state index in [0.717, 1.165) is 0 Å². The van der Waals surface area contributed by atoms with Crippen LogP contribution in [0.5, 0.6) is 0 Å². The van der Waals surface area contributed by atoms with Gasteiger partial charge < -0.3 is 20.6 Å². The van der Waals surface area contributed by atoms with Crippen molar-refractivity contribution in [3.63, 3.8) is 0 Å². The van der Waals surface area contributed by atoms with Gasteiger partial charge in [0.25, 0.3) is 5.09 Å². The van der Waals surface area contributed by atoms with Crippen LogP contribution >= 0.6 is 23.2 Å². The summed E-state index contributed by atoms with van der Waals surface area (Å²) in [6.07, 6.45) is 0.235. The van der Waals surface area contributed by atoms with Crippen molar-refractivity contribution in [1.29, 1.82) is 0 Å². The molecule has 0 bridgehead atoms. The van der Waals surface area contributed by atoms with Crippen LogP contribution in [0.4, 0.5) is 16.2 Å². The van der Waals surface area contributed by atoms with Gasteiger partial charge in [-0.1, -0.05) is 23.2 Å². The molecule has 10 nitrogen and oxygen atoms in total. The van der Waals surface area contributed by atoms with E-state index in [4.69, 9.17) is 33.7 Å². The number of nitrogens with zero attached hydrogens (tertiary/aromatic N) is 3. The summed E-state index contributed by atoms with van der Waals surface area (Å²) in [5, 5.41) is 12.6. The zero-order chi connectivity index (χ0) is 19.1. The quantitative estimate of drug-likeness (QED) is 0.308. The lowest BCUT2D eigenvalue weighted by atomic mass is 10.3. The lowest BCUT2D eigenvalue weighted by Gasteiger charge is -2.16. The molecule has 1 aliphatic heterocycles. The number of nitrogens with one attached hydrogen (secondary N) is 1. The number of unbranched alkanes of at least 4 members (excludes halogenated alkanes) is 1. The van der Waals surface area contributed by atoms with Gasteiger partial charge in [-0.25, -0.2) is 14.7 Å². The third kappa shape index (κ3) is 5.53. The molecule has 2 rings (SSSR count). The third-order valence-corrected chi connectivity index (χ3v) is 3.89. The van der Waals surface area contributed by atoms with E-state index in [-0.39, 0.29) is 29.2 Å². The molecule has 26 heavy (non-hydrogen) atoms. The standard InChI is InChI=1S/C14H17Cl2N5O5/c15-10-7-9(17)8-11(16)12(10)19-13-18-3-4-20(13)14(22)25-5-1-2-6-26-21(23)24/h7-8H,1-6,17H2,(H,18,19). The molecule has 12 heteroatoms. The fraction of sp³-hybridized carbons (Fsp3) is 0.429. The summed E-state index contributed by atoms with van der Waals surface area (Å²) in [7, 11) is 0. The van der Waals surface area contributed by atoms with Crippen LogP contribution in [-0.2, 0) is 9.57 Å². The largest absolute Gasteiger partial charge is 0.449 e. The molecule has 0 spiro atoms. The maximum absolute atomic E-state index is 12.2. The Kier molecular flexibility index (Phi) is 7.10. The third-order valence-electron chi connectivity index (χ3n) is 3.31. The predicted molar refractivity (Wildman–Crippen MR) is 96.2 cm³/mol. The minimum Gasteiger partial charge on any atom is -0.449 e. The highest BCUT2D eigenvalue weighted by Crippen LogP contribution is 2.35. The second-order valence-electron chi connectivity index (χ2n) is 5.23. The highest BCUT2D eigenvalue weighted by Gasteiger charge is 2.26. The maximum Gasteiger partial charge on any atom is 0.416 e. The molecule has 3 N–H and O–H groups in total. The molecule has 1 heterocycles. The number of carbonyl (C=O) groups is 1. The first-order valence-electron chi connectivity index (χ1n) is 7.67. The van der Waals surface area contributed by atoms with Crippen molar-refractivity contribution in [2.75, 3.05) is 32.0 Å². The topological polar surface area (TPSA) is 132 Å². The molecule has 0 aliphatic carbocycles. The number of rotatable bonds is 7. The fourth-order valence-electron chi connectivity index (χ4n) is 2.14. The highest BCUT2D eigenvalue weighted by atomic mass is 35.5. The summed E-state index contributed by atoms with van der Waals surface area (Å²) in [6.45, 7) is 0.921. The van der Waals surface area contributed by atoms with E-state index in [2.05, 4.69) is 15.1 Å². The van der Waals surface area contributed by atoms with Gasteiger partial charge >= 0.3 is 6.09 Å². The van der Waals surface area contributed by atoms with E-state index >= 15 is 0 Å². The molecule has 0 radical (unpaired) electrons. The Balaban J connectivity index is 1.93. The van der Waals surface area contributed by atoms with Gasteiger partial charge in [-0.2, -0.15) is 0 Å². The normalized spacial score (nSPS) is 15.0. The van der Waals surface area contributed by atoms with E-state index < -0.39 is 11.2 Å². The first kappa shape index (κ1) is 19.9. The van der Waals surface area contributed by atoms with E-state index in [1.165, 1.54) is 17.0 Å². The average molecular weight is 406 g/mol.